The van der Waals surface area contributed by atoms with E-state index in [9.17, 15) is 4.79 Å². The molecule has 1 aromatic carbocycles. The van der Waals surface area contributed by atoms with Crippen molar-refractivity contribution in [3.63, 3.8) is 0 Å². The van der Waals surface area contributed by atoms with E-state index in [1.807, 2.05) is 26.0 Å². The summed E-state index contributed by atoms with van der Waals surface area (Å²) in [7, 11) is 0. The van der Waals surface area contributed by atoms with Crippen molar-refractivity contribution in [2.45, 2.75) is 39.5 Å². The van der Waals surface area contributed by atoms with Crippen LogP contribution in [0.25, 0.3) is 0 Å². The summed E-state index contributed by atoms with van der Waals surface area (Å²) in [5.41, 5.74) is 3.05. The summed E-state index contributed by atoms with van der Waals surface area (Å²) in [6, 6.07) is 3.82. The molecule has 0 unspecified atom stereocenters. The fraction of sp³-hybridized carbons (Fsp3) is 0.421. The molecule has 2 heterocycles. The zero-order valence-corrected chi connectivity index (χ0v) is 15.4. The standard InChI is InChI=1S/C19H23ClN4O/c1-13-9-14(2)17(16(20)10-13)23-18(25)15-11-21-19(22-12-15)24-7-5-3-4-6-8-24/h9-12H,3-8H2,1-2H3,(H,23,25). The number of nitrogens with zero attached hydrogens (tertiary/aromatic N) is 3. The molecule has 0 spiro atoms. The number of halogens is 1. The molecule has 1 aliphatic rings. The summed E-state index contributed by atoms with van der Waals surface area (Å²) in [6.07, 6.45) is 8.01. The molecule has 0 atom stereocenters. The molecular formula is C19H23ClN4O. The minimum Gasteiger partial charge on any atom is -0.341 e. The Morgan fingerprint density at radius 3 is 2.32 bits per heavy atom. The maximum absolute atomic E-state index is 12.5. The van der Waals surface area contributed by atoms with Crippen LogP contribution in [0.5, 0.6) is 0 Å². The maximum Gasteiger partial charge on any atom is 0.258 e. The van der Waals surface area contributed by atoms with Crippen molar-refractivity contribution in [2.75, 3.05) is 23.3 Å². The highest BCUT2D eigenvalue weighted by atomic mass is 35.5. The molecule has 132 valence electrons. The summed E-state index contributed by atoms with van der Waals surface area (Å²) in [6.45, 7) is 5.85. The fourth-order valence-corrected chi connectivity index (χ4v) is 3.50. The second kappa shape index (κ2) is 7.83. The van der Waals surface area contributed by atoms with Crippen LogP contribution in [0, 0.1) is 13.8 Å². The fourth-order valence-electron chi connectivity index (χ4n) is 3.13. The zero-order chi connectivity index (χ0) is 17.8. The van der Waals surface area contributed by atoms with E-state index in [1.54, 1.807) is 12.4 Å². The number of benzene rings is 1. The van der Waals surface area contributed by atoms with Crippen molar-refractivity contribution in [1.82, 2.24) is 9.97 Å². The highest BCUT2D eigenvalue weighted by molar-refractivity contribution is 6.34. The van der Waals surface area contributed by atoms with Crippen LogP contribution in [0.4, 0.5) is 11.6 Å². The van der Waals surface area contributed by atoms with Gasteiger partial charge in [-0.05, 0) is 43.9 Å². The smallest absolute Gasteiger partial charge is 0.258 e. The number of aromatic nitrogens is 2. The molecule has 6 heteroatoms. The van der Waals surface area contributed by atoms with Crippen molar-refractivity contribution in [3.05, 3.63) is 46.2 Å². The van der Waals surface area contributed by atoms with Crippen LogP contribution in [0.3, 0.4) is 0 Å². The van der Waals surface area contributed by atoms with Crippen molar-refractivity contribution in [3.8, 4) is 0 Å². The maximum atomic E-state index is 12.5. The van der Waals surface area contributed by atoms with Crippen molar-refractivity contribution in [1.29, 1.82) is 0 Å². The number of rotatable bonds is 3. The van der Waals surface area contributed by atoms with Gasteiger partial charge in [0, 0.05) is 25.5 Å². The number of aryl methyl sites for hydroxylation is 2. The van der Waals surface area contributed by atoms with E-state index in [0.29, 0.717) is 22.2 Å². The molecule has 0 bridgehead atoms. The Morgan fingerprint density at radius 2 is 1.72 bits per heavy atom. The highest BCUT2D eigenvalue weighted by Crippen LogP contribution is 2.27. The van der Waals surface area contributed by atoms with Gasteiger partial charge in [0.1, 0.15) is 0 Å². The van der Waals surface area contributed by atoms with Gasteiger partial charge in [0.2, 0.25) is 5.95 Å². The number of nitrogens with one attached hydrogen (secondary N) is 1. The normalized spacial score (nSPS) is 14.9. The molecule has 5 nitrogen and oxygen atoms in total. The summed E-state index contributed by atoms with van der Waals surface area (Å²) < 4.78 is 0. The molecule has 1 amide bonds. The summed E-state index contributed by atoms with van der Waals surface area (Å²) in [5.74, 6) is 0.444. The van der Waals surface area contributed by atoms with Gasteiger partial charge in [-0.15, -0.1) is 0 Å². The van der Waals surface area contributed by atoms with E-state index in [4.69, 9.17) is 11.6 Å². The highest BCUT2D eigenvalue weighted by Gasteiger charge is 2.15. The van der Waals surface area contributed by atoms with E-state index in [0.717, 1.165) is 37.1 Å². The van der Waals surface area contributed by atoms with Gasteiger partial charge in [-0.3, -0.25) is 4.79 Å². The largest absolute Gasteiger partial charge is 0.341 e. The first-order valence-corrected chi connectivity index (χ1v) is 9.07. The predicted octanol–water partition coefficient (Wildman–Crippen LogP) is 4.38. The Kier molecular flexibility index (Phi) is 5.53. The van der Waals surface area contributed by atoms with Crippen LogP contribution in [0.2, 0.25) is 5.02 Å². The third-order valence-electron chi connectivity index (χ3n) is 4.46. The molecule has 0 radical (unpaired) electrons. The monoisotopic (exact) mass is 358 g/mol. The van der Waals surface area contributed by atoms with Gasteiger partial charge in [-0.1, -0.05) is 30.5 Å². The number of carbonyl (C=O) groups excluding carboxylic acids is 1. The first-order chi connectivity index (χ1) is 12.0. The van der Waals surface area contributed by atoms with Crippen molar-refractivity contribution >= 4 is 29.1 Å². The predicted molar refractivity (Wildman–Crippen MR) is 102 cm³/mol. The topological polar surface area (TPSA) is 58.1 Å². The van der Waals surface area contributed by atoms with E-state index < -0.39 is 0 Å². The van der Waals surface area contributed by atoms with E-state index in [-0.39, 0.29) is 5.91 Å². The third kappa shape index (κ3) is 4.28. The SMILES string of the molecule is Cc1cc(C)c(NC(=O)c2cnc(N3CCCCCC3)nc2)c(Cl)c1. The first-order valence-electron chi connectivity index (χ1n) is 8.69. The van der Waals surface area contributed by atoms with Gasteiger partial charge < -0.3 is 10.2 Å². The van der Waals surface area contributed by atoms with Crippen LogP contribution in [0.1, 0.15) is 47.2 Å². The number of hydrogen-bond acceptors (Lipinski definition) is 4. The van der Waals surface area contributed by atoms with Crippen molar-refractivity contribution < 1.29 is 4.79 Å². The van der Waals surface area contributed by atoms with Crippen LogP contribution in [-0.2, 0) is 0 Å². The molecule has 2 aromatic rings. The second-order valence-corrected chi connectivity index (χ2v) is 6.97. The quantitative estimate of drug-likeness (QED) is 0.884. The van der Waals surface area contributed by atoms with Gasteiger partial charge in [-0.25, -0.2) is 9.97 Å². The van der Waals surface area contributed by atoms with Crippen LogP contribution in [-0.4, -0.2) is 29.0 Å². The van der Waals surface area contributed by atoms with Gasteiger partial charge >= 0.3 is 0 Å². The lowest BCUT2D eigenvalue weighted by molar-refractivity contribution is 0.102. The lowest BCUT2D eigenvalue weighted by Gasteiger charge is -2.19. The second-order valence-electron chi connectivity index (χ2n) is 6.57. The molecular weight excluding hydrogens is 336 g/mol. The molecule has 1 aliphatic heterocycles. The average Bonchev–Trinajstić information content (AvgIpc) is 2.87. The Balaban J connectivity index is 1.73. The Bertz CT molecular complexity index is 730. The van der Waals surface area contributed by atoms with Crippen LogP contribution >= 0.6 is 11.6 Å². The number of carbonyl (C=O) groups is 1. The number of anilines is 2. The van der Waals surface area contributed by atoms with Gasteiger partial charge in [0.15, 0.2) is 0 Å². The first kappa shape index (κ1) is 17.7. The summed E-state index contributed by atoms with van der Waals surface area (Å²) in [4.78, 5) is 23.4. The molecule has 3 rings (SSSR count). The molecule has 25 heavy (non-hydrogen) atoms. The summed E-state index contributed by atoms with van der Waals surface area (Å²) >= 11 is 6.26. The van der Waals surface area contributed by atoms with Gasteiger partial charge in [0.05, 0.1) is 16.3 Å². The molecule has 1 saturated heterocycles. The Hall–Kier alpha value is -2.14. The van der Waals surface area contributed by atoms with E-state index >= 15 is 0 Å². The summed E-state index contributed by atoms with van der Waals surface area (Å²) in [5, 5.41) is 3.40. The van der Waals surface area contributed by atoms with E-state index in [2.05, 4.69) is 20.2 Å². The molecule has 0 saturated carbocycles. The Labute approximate surface area is 153 Å². The minimum absolute atomic E-state index is 0.253. The third-order valence-corrected chi connectivity index (χ3v) is 4.76. The van der Waals surface area contributed by atoms with E-state index in [1.165, 1.54) is 12.8 Å². The zero-order valence-electron chi connectivity index (χ0n) is 14.7. The van der Waals surface area contributed by atoms with Gasteiger partial charge in [0.25, 0.3) is 5.91 Å². The van der Waals surface area contributed by atoms with Crippen LogP contribution < -0.4 is 10.2 Å². The van der Waals surface area contributed by atoms with Crippen molar-refractivity contribution in [2.24, 2.45) is 0 Å². The van der Waals surface area contributed by atoms with Crippen LogP contribution in [0.15, 0.2) is 24.5 Å². The molecule has 1 fully saturated rings. The lowest BCUT2D eigenvalue weighted by Crippen LogP contribution is -2.26. The number of hydrogen-bond donors (Lipinski definition) is 1. The van der Waals surface area contributed by atoms with Gasteiger partial charge in [-0.2, -0.15) is 0 Å². The lowest BCUT2D eigenvalue weighted by atomic mass is 10.1. The molecule has 0 aliphatic carbocycles. The average molecular weight is 359 g/mol. The Morgan fingerprint density at radius 1 is 1.08 bits per heavy atom. The molecule has 1 N–H and O–H groups in total. The minimum atomic E-state index is -0.253. The number of amides is 1. The molecule has 1 aromatic heterocycles.